The van der Waals surface area contributed by atoms with Crippen molar-refractivity contribution < 1.29 is 18.0 Å². The molecule has 178 valence electrons. The summed E-state index contributed by atoms with van der Waals surface area (Å²) >= 11 is 0. The fourth-order valence-corrected chi connectivity index (χ4v) is 5.25. The van der Waals surface area contributed by atoms with Gasteiger partial charge in [0.2, 0.25) is 15.9 Å². The number of aryl methyl sites for hydroxylation is 1. The van der Waals surface area contributed by atoms with E-state index in [-0.39, 0.29) is 28.7 Å². The number of carbonyl (C=O) groups excluding carboxylic acids is 2. The third-order valence-electron chi connectivity index (χ3n) is 6.13. The zero-order valence-corrected chi connectivity index (χ0v) is 20.3. The normalized spacial score (nSPS) is 16.2. The summed E-state index contributed by atoms with van der Waals surface area (Å²) in [6.07, 6.45) is 1.81. The molecule has 2 aromatic carbocycles. The number of piperidine rings is 1. The fourth-order valence-electron chi connectivity index (χ4n) is 3.78. The average Bonchev–Trinajstić information content (AvgIpc) is 2.83. The van der Waals surface area contributed by atoms with Crippen molar-refractivity contribution in [1.82, 2.24) is 14.9 Å². The largest absolute Gasteiger partial charge is 0.352 e. The molecule has 33 heavy (non-hydrogen) atoms. The predicted molar refractivity (Wildman–Crippen MR) is 128 cm³/mol. The van der Waals surface area contributed by atoms with Crippen LogP contribution in [-0.2, 0) is 21.4 Å². The van der Waals surface area contributed by atoms with E-state index in [4.69, 9.17) is 0 Å². The van der Waals surface area contributed by atoms with Gasteiger partial charge in [0.05, 0.1) is 4.90 Å². The highest BCUT2D eigenvalue weighted by Crippen LogP contribution is 2.24. The first-order chi connectivity index (χ1) is 15.7. The number of hydrogen-bond donors (Lipinski definition) is 2. The molecule has 2 N–H and O–H groups in total. The van der Waals surface area contributed by atoms with Crippen molar-refractivity contribution in [1.29, 1.82) is 0 Å². The molecule has 0 aliphatic carbocycles. The fraction of sp³-hybridized carbons (Fsp3) is 0.440. The van der Waals surface area contributed by atoms with E-state index in [2.05, 4.69) is 10.6 Å². The highest BCUT2D eigenvalue weighted by Gasteiger charge is 2.32. The van der Waals surface area contributed by atoms with Crippen molar-refractivity contribution in [2.24, 2.45) is 5.92 Å². The second kappa shape index (κ2) is 10.9. The molecule has 1 heterocycles. The molecular weight excluding hydrogens is 438 g/mol. The molecule has 1 atom stereocenters. The number of hydrogen-bond acceptors (Lipinski definition) is 4. The van der Waals surface area contributed by atoms with Gasteiger partial charge in [0.25, 0.3) is 5.91 Å². The van der Waals surface area contributed by atoms with E-state index in [0.29, 0.717) is 38.0 Å². The van der Waals surface area contributed by atoms with Gasteiger partial charge in [-0.1, -0.05) is 36.8 Å². The topological polar surface area (TPSA) is 95.6 Å². The summed E-state index contributed by atoms with van der Waals surface area (Å²) in [5.74, 6) is -0.442. The molecule has 3 rings (SSSR count). The van der Waals surface area contributed by atoms with Gasteiger partial charge >= 0.3 is 0 Å². The lowest BCUT2D eigenvalue weighted by Crippen LogP contribution is -2.42. The molecule has 0 aromatic heterocycles. The first kappa shape index (κ1) is 24.9. The molecule has 1 saturated heterocycles. The lowest BCUT2D eigenvalue weighted by Gasteiger charge is -2.30. The number of amides is 2. The molecule has 0 radical (unpaired) electrons. The van der Waals surface area contributed by atoms with Crippen LogP contribution >= 0.6 is 0 Å². The Hall–Kier alpha value is -2.71. The monoisotopic (exact) mass is 471 g/mol. The quantitative estimate of drug-likeness (QED) is 0.618. The first-order valence-electron chi connectivity index (χ1n) is 11.4. The number of sulfonamides is 1. The minimum absolute atomic E-state index is 0.0863. The zero-order chi connectivity index (χ0) is 24.0. The SMILES string of the molecule is CCC(C)NC(=O)c1cccc(CNC(=O)C2CCN(S(=O)(=O)c3ccc(C)cc3)CC2)c1. The van der Waals surface area contributed by atoms with Crippen LogP contribution < -0.4 is 10.6 Å². The summed E-state index contributed by atoms with van der Waals surface area (Å²) < 4.78 is 27.2. The van der Waals surface area contributed by atoms with Crippen LogP contribution in [0.15, 0.2) is 53.4 Å². The third-order valence-corrected chi connectivity index (χ3v) is 8.04. The summed E-state index contributed by atoms with van der Waals surface area (Å²) in [6.45, 7) is 6.85. The van der Waals surface area contributed by atoms with Crippen LogP contribution in [0.25, 0.3) is 0 Å². The third kappa shape index (κ3) is 6.42. The van der Waals surface area contributed by atoms with Gasteiger partial charge < -0.3 is 10.6 Å². The van der Waals surface area contributed by atoms with Gasteiger partial charge in [-0.2, -0.15) is 4.31 Å². The van der Waals surface area contributed by atoms with Gasteiger partial charge in [0, 0.05) is 37.2 Å². The molecule has 1 aliphatic heterocycles. The predicted octanol–water partition coefficient (Wildman–Crippen LogP) is 3.24. The van der Waals surface area contributed by atoms with Crippen LogP contribution in [0, 0.1) is 12.8 Å². The van der Waals surface area contributed by atoms with Crippen LogP contribution in [0.2, 0.25) is 0 Å². The maximum absolute atomic E-state index is 12.9. The number of nitrogens with zero attached hydrogens (tertiary/aromatic N) is 1. The van der Waals surface area contributed by atoms with Crippen molar-refractivity contribution >= 4 is 21.8 Å². The Morgan fingerprint density at radius 1 is 1.09 bits per heavy atom. The maximum atomic E-state index is 12.9. The minimum Gasteiger partial charge on any atom is -0.352 e. The van der Waals surface area contributed by atoms with E-state index in [9.17, 15) is 18.0 Å². The summed E-state index contributed by atoms with van der Waals surface area (Å²) in [5, 5.41) is 5.88. The Bertz CT molecular complexity index is 1080. The van der Waals surface area contributed by atoms with Crippen molar-refractivity contribution in [2.75, 3.05) is 13.1 Å². The summed E-state index contributed by atoms with van der Waals surface area (Å²) in [5.41, 5.74) is 2.42. The van der Waals surface area contributed by atoms with Crippen LogP contribution in [0.4, 0.5) is 0 Å². The van der Waals surface area contributed by atoms with E-state index in [0.717, 1.165) is 17.5 Å². The minimum atomic E-state index is -3.54. The van der Waals surface area contributed by atoms with Gasteiger partial charge in [0.15, 0.2) is 0 Å². The maximum Gasteiger partial charge on any atom is 0.251 e. The van der Waals surface area contributed by atoms with E-state index in [1.54, 1.807) is 42.5 Å². The zero-order valence-electron chi connectivity index (χ0n) is 19.5. The number of benzene rings is 2. The molecular formula is C25H33N3O4S. The second-order valence-electron chi connectivity index (χ2n) is 8.69. The molecule has 2 amide bonds. The Labute approximate surface area is 196 Å². The Morgan fingerprint density at radius 2 is 1.76 bits per heavy atom. The van der Waals surface area contributed by atoms with E-state index >= 15 is 0 Å². The molecule has 0 spiro atoms. The highest BCUT2D eigenvalue weighted by molar-refractivity contribution is 7.89. The lowest BCUT2D eigenvalue weighted by molar-refractivity contribution is -0.126. The van der Waals surface area contributed by atoms with Gasteiger partial charge in [-0.05, 0) is 62.9 Å². The first-order valence-corrected chi connectivity index (χ1v) is 12.9. The standard InChI is InChI=1S/C25H33N3O4S/c1-4-19(3)27-25(30)22-7-5-6-20(16-22)17-26-24(29)21-12-14-28(15-13-21)33(31,32)23-10-8-18(2)9-11-23/h5-11,16,19,21H,4,12-15,17H2,1-3H3,(H,26,29)(H,27,30). The smallest absolute Gasteiger partial charge is 0.251 e. The summed E-state index contributed by atoms with van der Waals surface area (Å²) in [6, 6.07) is 14.1. The summed E-state index contributed by atoms with van der Waals surface area (Å²) in [7, 11) is -3.54. The van der Waals surface area contributed by atoms with Crippen molar-refractivity contribution in [2.45, 2.75) is 57.5 Å². The molecule has 0 saturated carbocycles. The summed E-state index contributed by atoms with van der Waals surface area (Å²) in [4.78, 5) is 25.3. The van der Waals surface area contributed by atoms with Crippen LogP contribution in [0.5, 0.6) is 0 Å². The van der Waals surface area contributed by atoms with Crippen molar-refractivity contribution in [3.63, 3.8) is 0 Å². The van der Waals surface area contributed by atoms with E-state index in [1.807, 2.05) is 26.8 Å². The Morgan fingerprint density at radius 3 is 2.39 bits per heavy atom. The molecule has 2 aromatic rings. The second-order valence-corrected chi connectivity index (χ2v) is 10.6. The van der Waals surface area contributed by atoms with Gasteiger partial charge in [-0.25, -0.2) is 8.42 Å². The van der Waals surface area contributed by atoms with Crippen LogP contribution in [0.3, 0.4) is 0 Å². The average molecular weight is 472 g/mol. The number of carbonyl (C=O) groups is 2. The Kier molecular flexibility index (Phi) is 8.26. The lowest BCUT2D eigenvalue weighted by atomic mass is 9.97. The molecule has 1 unspecified atom stereocenters. The van der Waals surface area contributed by atoms with Gasteiger partial charge in [-0.15, -0.1) is 0 Å². The molecule has 7 nitrogen and oxygen atoms in total. The molecule has 8 heteroatoms. The molecule has 1 aliphatic rings. The molecule has 1 fully saturated rings. The van der Waals surface area contributed by atoms with Crippen LogP contribution in [-0.4, -0.2) is 43.7 Å². The van der Waals surface area contributed by atoms with Crippen molar-refractivity contribution in [3.8, 4) is 0 Å². The van der Waals surface area contributed by atoms with Crippen molar-refractivity contribution in [3.05, 3.63) is 65.2 Å². The van der Waals surface area contributed by atoms with Gasteiger partial charge in [0.1, 0.15) is 0 Å². The highest BCUT2D eigenvalue weighted by atomic mass is 32.2. The van der Waals surface area contributed by atoms with E-state index < -0.39 is 10.0 Å². The van der Waals surface area contributed by atoms with Crippen LogP contribution in [0.1, 0.15) is 54.6 Å². The molecule has 0 bridgehead atoms. The number of nitrogens with one attached hydrogen (secondary N) is 2. The Balaban J connectivity index is 1.52. The van der Waals surface area contributed by atoms with E-state index in [1.165, 1.54) is 4.31 Å². The van der Waals surface area contributed by atoms with Gasteiger partial charge in [-0.3, -0.25) is 9.59 Å². The number of rotatable bonds is 8.